The number of aliphatic hydroxyl groups excluding tert-OH is 1. The van der Waals surface area contributed by atoms with Crippen LogP contribution in [0, 0.1) is 0 Å². The quantitative estimate of drug-likeness (QED) is 0.575. The molecule has 0 heterocycles. The normalized spacial score (nSPS) is 11.1. The number of hydrogen-bond donors (Lipinski definition) is 1. The van der Waals surface area contributed by atoms with Gasteiger partial charge in [0.2, 0.25) is 0 Å². The van der Waals surface area contributed by atoms with Crippen LogP contribution in [0.2, 0.25) is 0 Å². The zero-order chi connectivity index (χ0) is 9.40. The second-order valence-electron chi connectivity index (χ2n) is 3.16. The minimum Gasteiger partial charge on any atom is -0.396 e. The fraction of sp³-hybridized carbons (Fsp3) is 0.889. The summed E-state index contributed by atoms with van der Waals surface area (Å²) in [5.74, 6) is 0. The Morgan fingerprint density at radius 3 is 2.50 bits per heavy atom. The average Bonchev–Trinajstić information content (AvgIpc) is 2.04. The first-order chi connectivity index (χ1) is 5.72. The third kappa shape index (κ3) is 5.27. The monoisotopic (exact) mass is 173 g/mol. The van der Waals surface area contributed by atoms with E-state index in [1.807, 2.05) is 0 Å². The molecule has 0 amide bonds. The standard InChI is InChI=1S/C9H19NO2/c1-9(2)10(5-3-7-11)6-4-8-12/h7,9,12H,3-6,8H2,1-2H3. The summed E-state index contributed by atoms with van der Waals surface area (Å²) in [6.45, 7) is 6.11. The summed E-state index contributed by atoms with van der Waals surface area (Å²) in [6.07, 6.45) is 2.31. The summed E-state index contributed by atoms with van der Waals surface area (Å²) in [7, 11) is 0. The molecule has 0 saturated heterocycles. The first-order valence-corrected chi connectivity index (χ1v) is 4.51. The van der Waals surface area contributed by atoms with Crippen molar-refractivity contribution in [3.8, 4) is 0 Å². The van der Waals surface area contributed by atoms with Gasteiger partial charge in [0.05, 0.1) is 0 Å². The molecular weight excluding hydrogens is 154 g/mol. The largest absolute Gasteiger partial charge is 0.396 e. The Hall–Kier alpha value is -0.410. The molecule has 3 heteroatoms. The molecule has 0 atom stereocenters. The van der Waals surface area contributed by atoms with Crippen LogP contribution in [0.1, 0.15) is 26.7 Å². The Morgan fingerprint density at radius 2 is 2.08 bits per heavy atom. The topological polar surface area (TPSA) is 40.5 Å². The highest BCUT2D eigenvalue weighted by molar-refractivity contribution is 5.49. The Labute approximate surface area is 74.4 Å². The number of aldehydes is 1. The number of hydrogen-bond acceptors (Lipinski definition) is 3. The average molecular weight is 173 g/mol. The summed E-state index contributed by atoms with van der Waals surface area (Å²) >= 11 is 0. The maximum absolute atomic E-state index is 10.1. The lowest BCUT2D eigenvalue weighted by molar-refractivity contribution is -0.108. The molecule has 1 N–H and O–H groups in total. The van der Waals surface area contributed by atoms with Crippen LogP contribution in [-0.2, 0) is 4.79 Å². The highest BCUT2D eigenvalue weighted by atomic mass is 16.3. The fourth-order valence-corrected chi connectivity index (χ4v) is 1.12. The Kier molecular flexibility index (Phi) is 7.00. The van der Waals surface area contributed by atoms with Gasteiger partial charge in [-0.05, 0) is 20.3 Å². The Morgan fingerprint density at radius 1 is 1.42 bits per heavy atom. The molecule has 0 aromatic rings. The van der Waals surface area contributed by atoms with E-state index in [2.05, 4.69) is 18.7 Å². The van der Waals surface area contributed by atoms with Gasteiger partial charge in [0.25, 0.3) is 0 Å². The third-order valence-corrected chi connectivity index (χ3v) is 1.87. The molecule has 0 rings (SSSR count). The zero-order valence-corrected chi connectivity index (χ0v) is 7.99. The Balaban J connectivity index is 3.61. The fourth-order valence-electron chi connectivity index (χ4n) is 1.12. The summed E-state index contributed by atoms with van der Waals surface area (Å²) in [5, 5.41) is 8.63. The van der Waals surface area contributed by atoms with E-state index in [9.17, 15) is 4.79 Å². The molecule has 0 bridgehead atoms. The summed E-state index contributed by atoms with van der Waals surface area (Å²) < 4.78 is 0. The molecule has 0 unspecified atom stereocenters. The molecule has 0 aliphatic heterocycles. The number of carbonyl (C=O) groups excluding carboxylic acids is 1. The van der Waals surface area contributed by atoms with Gasteiger partial charge in [0.15, 0.2) is 0 Å². The van der Waals surface area contributed by atoms with E-state index in [0.29, 0.717) is 12.5 Å². The zero-order valence-electron chi connectivity index (χ0n) is 7.99. The maximum atomic E-state index is 10.1. The van der Waals surface area contributed by atoms with Crippen LogP contribution in [0.5, 0.6) is 0 Å². The van der Waals surface area contributed by atoms with Gasteiger partial charge in [-0.1, -0.05) is 0 Å². The molecule has 0 aliphatic carbocycles. The molecule has 0 aliphatic rings. The minimum atomic E-state index is 0.226. The van der Waals surface area contributed by atoms with Crippen LogP contribution < -0.4 is 0 Å². The molecule has 0 radical (unpaired) electrons. The predicted molar refractivity (Wildman–Crippen MR) is 49.1 cm³/mol. The van der Waals surface area contributed by atoms with E-state index in [4.69, 9.17) is 5.11 Å². The van der Waals surface area contributed by atoms with Crippen molar-refractivity contribution in [1.82, 2.24) is 4.90 Å². The smallest absolute Gasteiger partial charge is 0.121 e. The van der Waals surface area contributed by atoms with Crippen LogP contribution in [0.3, 0.4) is 0 Å². The molecule has 72 valence electrons. The van der Waals surface area contributed by atoms with Crippen molar-refractivity contribution in [3.63, 3.8) is 0 Å². The van der Waals surface area contributed by atoms with Gasteiger partial charge in [0, 0.05) is 32.2 Å². The van der Waals surface area contributed by atoms with Crippen LogP contribution in [0.15, 0.2) is 0 Å². The van der Waals surface area contributed by atoms with Gasteiger partial charge in [-0.15, -0.1) is 0 Å². The van der Waals surface area contributed by atoms with E-state index >= 15 is 0 Å². The van der Waals surface area contributed by atoms with Crippen LogP contribution in [0.25, 0.3) is 0 Å². The summed E-state index contributed by atoms with van der Waals surface area (Å²) in [5.41, 5.74) is 0. The second kappa shape index (κ2) is 7.25. The SMILES string of the molecule is CC(C)N(CCC=O)CCCO. The van der Waals surface area contributed by atoms with Crippen molar-refractivity contribution in [2.45, 2.75) is 32.7 Å². The van der Waals surface area contributed by atoms with Gasteiger partial charge in [-0.25, -0.2) is 0 Å². The molecule has 0 spiro atoms. The Bertz CT molecular complexity index is 115. The van der Waals surface area contributed by atoms with Crippen molar-refractivity contribution in [1.29, 1.82) is 0 Å². The molecule has 12 heavy (non-hydrogen) atoms. The van der Waals surface area contributed by atoms with Crippen molar-refractivity contribution in [2.24, 2.45) is 0 Å². The maximum Gasteiger partial charge on any atom is 0.121 e. The van der Waals surface area contributed by atoms with Crippen LogP contribution in [-0.4, -0.2) is 42.0 Å². The first kappa shape index (κ1) is 11.6. The minimum absolute atomic E-state index is 0.226. The van der Waals surface area contributed by atoms with E-state index in [1.54, 1.807) is 0 Å². The van der Waals surface area contributed by atoms with Crippen LogP contribution >= 0.6 is 0 Å². The van der Waals surface area contributed by atoms with E-state index in [1.165, 1.54) is 0 Å². The lowest BCUT2D eigenvalue weighted by Gasteiger charge is -2.25. The first-order valence-electron chi connectivity index (χ1n) is 4.51. The van der Waals surface area contributed by atoms with Gasteiger partial charge >= 0.3 is 0 Å². The lowest BCUT2D eigenvalue weighted by atomic mass is 10.2. The highest BCUT2D eigenvalue weighted by Crippen LogP contribution is 1.99. The van der Waals surface area contributed by atoms with Crippen LogP contribution in [0.4, 0.5) is 0 Å². The molecule has 0 saturated carbocycles. The predicted octanol–water partition coefficient (Wildman–Crippen LogP) is 0.668. The van der Waals surface area contributed by atoms with Gasteiger partial charge in [-0.2, -0.15) is 0 Å². The van der Waals surface area contributed by atoms with E-state index in [-0.39, 0.29) is 6.61 Å². The lowest BCUT2D eigenvalue weighted by Crippen LogP contribution is -2.33. The highest BCUT2D eigenvalue weighted by Gasteiger charge is 2.07. The van der Waals surface area contributed by atoms with Crippen molar-refractivity contribution in [3.05, 3.63) is 0 Å². The number of rotatable bonds is 7. The van der Waals surface area contributed by atoms with E-state index < -0.39 is 0 Å². The molecule has 3 nitrogen and oxygen atoms in total. The van der Waals surface area contributed by atoms with Crippen molar-refractivity contribution < 1.29 is 9.90 Å². The molecular formula is C9H19NO2. The second-order valence-corrected chi connectivity index (χ2v) is 3.16. The van der Waals surface area contributed by atoms with Crippen molar-refractivity contribution in [2.75, 3.05) is 19.7 Å². The molecule has 0 fully saturated rings. The van der Waals surface area contributed by atoms with Gasteiger partial charge in [0.1, 0.15) is 6.29 Å². The van der Waals surface area contributed by atoms with E-state index in [0.717, 1.165) is 25.8 Å². The summed E-state index contributed by atoms with van der Waals surface area (Å²) in [6, 6.07) is 0.455. The molecule has 0 aromatic heterocycles. The summed E-state index contributed by atoms with van der Waals surface area (Å²) in [4.78, 5) is 12.3. The van der Waals surface area contributed by atoms with Crippen molar-refractivity contribution >= 4 is 6.29 Å². The third-order valence-electron chi connectivity index (χ3n) is 1.87. The van der Waals surface area contributed by atoms with Gasteiger partial charge < -0.3 is 14.8 Å². The number of carbonyl (C=O) groups is 1. The molecule has 0 aromatic carbocycles. The van der Waals surface area contributed by atoms with Gasteiger partial charge in [-0.3, -0.25) is 0 Å². The number of aliphatic hydroxyl groups is 1. The number of nitrogens with zero attached hydrogens (tertiary/aromatic N) is 1.